The third-order valence-corrected chi connectivity index (χ3v) is 1.60. The Hall–Kier alpha value is -1.30. The van der Waals surface area contributed by atoms with Gasteiger partial charge in [-0.3, -0.25) is 0 Å². The van der Waals surface area contributed by atoms with E-state index in [4.69, 9.17) is 9.84 Å². The number of halogens is 4. The lowest BCUT2D eigenvalue weighted by molar-refractivity contribution is -0.140. The lowest BCUT2D eigenvalue weighted by atomic mass is 10.2. The molecule has 0 spiro atoms. The van der Waals surface area contributed by atoms with Crippen molar-refractivity contribution in [2.24, 2.45) is 0 Å². The van der Waals surface area contributed by atoms with Gasteiger partial charge < -0.3 is 9.84 Å². The van der Waals surface area contributed by atoms with Gasteiger partial charge in [0.2, 0.25) is 0 Å². The van der Waals surface area contributed by atoms with E-state index in [1.165, 1.54) is 0 Å². The van der Waals surface area contributed by atoms with Crippen molar-refractivity contribution in [1.82, 2.24) is 0 Å². The van der Waals surface area contributed by atoms with E-state index in [2.05, 4.69) is 0 Å². The van der Waals surface area contributed by atoms with Gasteiger partial charge in [-0.1, -0.05) is 0 Å². The summed E-state index contributed by atoms with van der Waals surface area (Å²) in [5, 5.41) is 8.39. The van der Waals surface area contributed by atoms with E-state index < -0.39 is 17.6 Å². The first-order valence-electron chi connectivity index (χ1n) is 4.05. The van der Waals surface area contributed by atoms with Crippen LogP contribution in [0.25, 0.3) is 0 Å². The van der Waals surface area contributed by atoms with Crippen molar-refractivity contribution in [3.05, 3.63) is 29.6 Å². The van der Waals surface area contributed by atoms with Crippen molar-refractivity contribution in [2.45, 2.75) is 6.18 Å². The van der Waals surface area contributed by atoms with Crippen LogP contribution in [-0.4, -0.2) is 18.3 Å². The predicted octanol–water partition coefficient (Wildman–Crippen LogP) is 2.22. The highest BCUT2D eigenvalue weighted by atomic mass is 19.4. The smallest absolute Gasteiger partial charge is 0.419 e. The van der Waals surface area contributed by atoms with Gasteiger partial charge in [0.05, 0.1) is 12.2 Å². The third-order valence-electron chi connectivity index (χ3n) is 1.60. The van der Waals surface area contributed by atoms with Crippen LogP contribution in [-0.2, 0) is 6.18 Å². The number of hydrogen-bond acceptors (Lipinski definition) is 2. The minimum Gasteiger partial charge on any atom is -0.491 e. The zero-order chi connectivity index (χ0) is 11.5. The summed E-state index contributed by atoms with van der Waals surface area (Å²) in [5.74, 6) is -1.48. The van der Waals surface area contributed by atoms with Gasteiger partial charge in [-0.2, -0.15) is 13.2 Å². The molecule has 1 aromatic rings. The molecule has 0 amide bonds. The Labute approximate surface area is 83.1 Å². The molecule has 1 rings (SSSR count). The second-order valence-electron chi connectivity index (χ2n) is 2.71. The van der Waals surface area contributed by atoms with Gasteiger partial charge in [-0.25, -0.2) is 4.39 Å². The van der Waals surface area contributed by atoms with Crippen molar-refractivity contribution in [2.75, 3.05) is 13.2 Å². The largest absolute Gasteiger partial charge is 0.491 e. The summed E-state index contributed by atoms with van der Waals surface area (Å²) in [4.78, 5) is 0. The highest BCUT2D eigenvalue weighted by molar-refractivity contribution is 5.31. The van der Waals surface area contributed by atoms with Crippen molar-refractivity contribution >= 4 is 0 Å². The molecule has 0 aliphatic rings. The molecule has 0 fully saturated rings. The monoisotopic (exact) mass is 224 g/mol. The van der Waals surface area contributed by atoms with Crippen LogP contribution in [0, 0.1) is 5.82 Å². The molecule has 0 bridgehead atoms. The Bertz CT molecular complexity index is 335. The average Bonchev–Trinajstić information content (AvgIpc) is 2.15. The van der Waals surface area contributed by atoms with Crippen LogP contribution in [0.2, 0.25) is 0 Å². The van der Waals surface area contributed by atoms with Crippen molar-refractivity contribution < 1.29 is 27.4 Å². The fourth-order valence-electron chi connectivity index (χ4n) is 0.975. The van der Waals surface area contributed by atoms with E-state index in [0.717, 1.165) is 6.07 Å². The number of hydrogen-bond donors (Lipinski definition) is 1. The van der Waals surface area contributed by atoms with Gasteiger partial charge in [-0.15, -0.1) is 0 Å². The Morgan fingerprint density at radius 3 is 2.47 bits per heavy atom. The van der Waals surface area contributed by atoms with Crippen LogP contribution in [0.3, 0.4) is 0 Å². The highest BCUT2D eigenvalue weighted by Gasteiger charge is 2.34. The molecule has 2 nitrogen and oxygen atoms in total. The molecule has 0 radical (unpaired) electrons. The van der Waals surface area contributed by atoms with Crippen LogP contribution in [0.1, 0.15) is 5.56 Å². The van der Waals surface area contributed by atoms with E-state index in [1.807, 2.05) is 0 Å². The Kier molecular flexibility index (Phi) is 3.52. The molecular weight excluding hydrogens is 216 g/mol. The molecule has 0 saturated heterocycles. The molecule has 0 aliphatic heterocycles. The standard InChI is InChI=1S/C9H8F4O2/c10-8-2-1-6(15-4-3-14)5-7(8)9(11,12)13/h1-2,5,14H,3-4H2. The molecular formula is C9H8F4O2. The van der Waals surface area contributed by atoms with Crippen LogP contribution in [0.15, 0.2) is 18.2 Å². The lowest BCUT2D eigenvalue weighted by Crippen LogP contribution is -2.09. The van der Waals surface area contributed by atoms with Crippen LogP contribution >= 0.6 is 0 Å². The molecule has 0 saturated carbocycles. The Morgan fingerprint density at radius 1 is 1.27 bits per heavy atom. The summed E-state index contributed by atoms with van der Waals surface area (Å²) >= 11 is 0. The van der Waals surface area contributed by atoms with Crippen LogP contribution in [0.5, 0.6) is 5.75 Å². The topological polar surface area (TPSA) is 29.5 Å². The highest BCUT2D eigenvalue weighted by Crippen LogP contribution is 2.33. The van der Waals surface area contributed by atoms with Gasteiger partial charge in [0.1, 0.15) is 18.2 Å². The molecule has 0 aromatic heterocycles. The summed E-state index contributed by atoms with van der Waals surface area (Å²) in [6, 6.07) is 2.31. The molecule has 15 heavy (non-hydrogen) atoms. The second-order valence-corrected chi connectivity index (χ2v) is 2.71. The molecule has 84 valence electrons. The summed E-state index contributed by atoms with van der Waals surface area (Å²) in [6.45, 7) is -0.457. The molecule has 1 aromatic carbocycles. The second kappa shape index (κ2) is 4.48. The summed E-state index contributed by atoms with van der Waals surface area (Å²) < 4.78 is 54.1. The maximum Gasteiger partial charge on any atom is 0.419 e. The van der Waals surface area contributed by atoms with E-state index in [-0.39, 0.29) is 19.0 Å². The fourth-order valence-corrected chi connectivity index (χ4v) is 0.975. The SMILES string of the molecule is OCCOc1ccc(F)c(C(F)(F)F)c1. The molecule has 0 atom stereocenters. The Morgan fingerprint density at radius 2 is 1.93 bits per heavy atom. The molecule has 1 N–H and O–H groups in total. The van der Waals surface area contributed by atoms with Crippen molar-refractivity contribution in [3.8, 4) is 5.75 Å². The molecule has 0 unspecified atom stereocenters. The molecule has 0 aliphatic carbocycles. The third kappa shape index (κ3) is 3.09. The van der Waals surface area contributed by atoms with Gasteiger partial charge in [0.25, 0.3) is 0 Å². The number of alkyl halides is 3. The van der Waals surface area contributed by atoms with Crippen LogP contribution < -0.4 is 4.74 Å². The quantitative estimate of drug-likeness (QED) is 0.797. The number of ether oxygens (including phenoxy) is 1. The minimum absolute atomic E-state index is 0.127. The zero-order valence-electron chi connectivity index (χ0n) is 7.51. The lowest BCUT2D eigenvalue weighted by Gasteiger charge is -2.10. The average molecular weight is 224 g/mol. The first kappa shape index (κ1) is 11.8. The first-order valence-corrected chi connectivity index (χ1v) is 4.05. The fraction of sp³-hybridized carbons (Fsp3) is 0.333. The van der Waals surface area contributed by atoms with Gasteiger partial charge in [0, 0.05) is 0 Å². The van der Waals surface area contributed by atoms with E-state index in [9.17, 15) is 17.6 Å². The molecule has 0 heterocycles. The number of aliphatic hydroxyl groups is 1. The summed E-state index contributed by atoms with van der Waals surface area (Å²) in [7, 11) is 0. The summed E-state index contributed by atoms with van der Waals surface area (Å²) in [5.41, 5.74) is -1.38. The number of benzene rings is 1. The van der Waals surface area contributed by atoms with E-state index in [1.54, 1.807) is 0 Å². The number of aliphatic hydroxyl groups excluding tert-OH is 1. The van der Waals surface area contributed by atoms with Gasteiger partial charge in [0.15, 0.2) is 0 Å². The molecule has 6 heteroatoms. The normalized spacial score (nSPS) is 11.5. The van der Waals surface area contributed by atoms with Crippen molar-refractivity contribution in [3.63, 3.8) is 0 Å². The van der Waals surface area contributed by atoms with Crippen LogP contribution in [0.4, 0.5) is 17.6 Å². The summed E-state index contributed by atoms with van der Waals surface area (Å²) in [6.07, 6.45) is -4.75. The predicted molar refractivity (Wildman–Crippen MR) is 44.0 cm³/mol. The first-order chi connectivity index (χ1) is 6.95. The van der Waals surface area contributed by atoms with Crippen molar-refractivity contribution in [1.29, 1.82) is 0 Å². The minimum atomic E-state index is -4.75. The van der Waals surface area contributed by atoms with E-state index in [0.29, 0.717) is 12.1 Å². The number of rotatable bonds is 3. The van der Waals surface area contributed by atoms with Gasteiger partial charge in [-0.05, 0) is 18.2 Å². The zero-order valence-corrected chi connectivity index (χ0v) is 7.51. The Balaban J connectivity index is 2.95. The van der Waals surface area contributed by atoms with E-state index >= 15 is 0 Å². The maximum atomic E-state index is 12.8. The van der Waals surface area contributed by atoms with Gasteiger partial charge >= 0.3 is 6.18 Å². The maximum absolute atomic E-state index is 12.8.